The molecule has 0 saturated carbocycles. The summed E-state index contributed by atoms with van der Waals surface area (Å²) >= 11 is 1.18. The van der Waals surface area contributed by atoms with Gasteiger partial charge in [0.05, 0.1) is 6.04 Å². The Morgan fingerprint density at radius 1 is 1.60 bits per heavy atom. The minimum atomic E-state index is -1.10. The van der Waals surface area contributed by atoms with Gasteiger partial charge >= 0.3 is 12.1 Å². The highest BCUT2D eigenvalue weighted by Crippen LogP contribution is 2.22. The maximum atomic E-state index is 11.8. The summed E-state index contributed by atoms with van der Waals surface area (Å²) in [5.74, 6) is -1.10. The van der Waals surface area contributed by atoms with Crippen LogP contribution in [-0.4, -0.2) is 27.8 Å². The molecule has 0 aromatic carbocycles. The molecule has 1 aromatic heterocycles. The molecule has 1 rings (SSSR count). The lowest BCUT2D eigenvalue weighted by Gasteiger charge is -2.22. The fourth-order valence-corrected chi connectivity index (χ4v) is 2.24. The normalized spacial score (nSPS) is 12.6. The molecule has 1 atom stereocenters. The first-order valence-corrected chi connectivity index (χ1v) is 6.90. The molecular weight excluding hydrogens is 280 g/mol. The van der Waals surface area contributed by atoms with Crippen molar-refractivity contribution in [2.75, 3.05) is 0 Å². The number of carbonyl (C=O) groups is 2. The van der Waals surface area contributed by atoms with Crippen LogP contribution >= 0.6 is 11.3 Å². The van der Waals surface area contributed by atoms with Crippen molar-refractivity contribution in [1.29, 1.82) is 0 Å². The van der Waals surface area contributed by atoms with Crippen LogP contribution in [0.2, 0.25) is 0 Å². The third kappa shape index (κ3) is 5.00. The molecule has 1 amide bonds. The average Bonchev–Trinajstić information content (AvgIpc) is 2.74. The van der Waals surface area contributed by atoms with E-state index in [0.717, 1.165) is 0 Å². The summed E-state index contributed by atoms with van der Waals surface area (Å²) in [5.41, 5.74) is -0.636. The number of amides is 1. The second-order valence-corrected chi connectivity index (χ2v) is 5.99. The molecule has 6 nitrogen and oxygen atoms in total. The zero-order valence-electron chi connectivity index (χ0n) is 11.7. The minimum Gasteiger partial charge on any atom is -0.476 e. The molecule has 0 saturated heterocycles. The van der Waals surface area contributed by atoms with Crippen molar-refractivity contribution in [2.24, 2.45) is 0 Å². The number of aromatic nitrogens is 1. The quantitative estimate of drug-likeness (QED) is 0.816. The van der Waals surface area contributed by atoms with Crippen LogP contribution in [0.3, 0.4) is 0 Å². The summed E-state index contributed by atoms with van der Waals surface area (Å²) in [4.78, 5) is 26.5. The van der Waals surface area contributed by atoms with E-state index >= 15 is 0 Å². The van der Waals surface area contributed by atoms with Crippen molar-refractivity contribution in [3.8, 4) is 0 Å². The molecule has 0 aliphatic rings. The zero-order valence-corrected chi connectivity index (χ0v) is 12.5. The third-order valence-electron chi connectivity index (χ3n) is 2.13. The van der Waals surface area contributed by atoms with Gasteiger partial charge in [-0.25, -0.2) is 14.6 Å². The number of nitrogens with one attached hydrogen (secondary N) is 1. The van der Waals surface area contributed by atoms with Gasteiger partial charge < -0.3 is 15.2 Å². The van der Waals surface area contributed by atoms with E-state index in [2.05, 4.69) is 16.9 Å². The predicted octanol–water partition coefficient (Wildman–Crippen LogP) is 2.98. The van der Waals surface area contributed by atoms with E-state index in [1.807, 2.05) is 0 Å². The highest BCUT2D eigenvalue weighted by Gasteiger charge is 2.22. The molecule has 0 aliphatic carbocycles. The van der Waals surface area contributed by atoms with Gasteiger partial charge in [0.1, 0.15) is 10.6 Å². The highest BCUT2D eigenvalue weighted by atomic mass is 32.1. The van der Waals surface area contributed by atoms with Crippen LogP contribution in [0.25, 0.3) is 0 Å². The van der Waals surface area contributed by atoms with Gasteiger partial charge in [-0.15, -0.1) is 17.9 Å². The molecule has 0 bridgehead atoms. The molecule has 20 heavy (non-hydrogen) atoms. The van der Waals surface area contributed by atoms with Crippen molar-refractivity contribution in [2.45, 2.75) is 38.8 Å². The first-order chi connectivity index (χ1) is 9.23. The Bertz CT molecular complexity index is 505. The van der Waals surface area contributed by atoms with Gasteiger partial charge in [0.2, 0.25) is 0 Å². The summed E-state index contributed by atoms with van der Waals surface area (Å²) in [7, 11) is 0. The van der Waals surface area contributed by atoms with Crippen LogP contribution in [0.4, 0.5) is 4.79 Å². The molecule has 1 aromatic rings. The van der Waals surface area contributed by atoms with E-state index in [-0.39, 0.29) is 5.69 Å². The molecule has 0 spiro atoms. The molecular formula is C13H18N2O4S. The van der Waals surface area contributed by atoms with E-state index < -0.39 is 23.7 Å². The Morgan fingerprint density at radius 2 is 2.25 bits per heavy atom. The topological polar surface area (TPSA) is 88.5 Å². The fourth-order valence-electron chi connectivity index (χ4n) is 1.38. The number of rotatable bonds is 5. The molecule has 0 unspecified atom stereocenters. The smallest absolute Gasteiger partial charge is 0.408 e. The number of aromatic carboxylic acids is 1. The van der Waals surface area contributed by atoms with Gasteiger partial charge in [-0.05, 0) is 27.2 Å². The lowest BCUT2D eigenvalue weighted by Crippen LogP contribution is -2.34. The van der Waals surface area contributed by atoms with E-state index in [4.69, 9.17) is 9.84 Å². The van der Waals surface area contributed by atoms with E-state index in [0.29, 0.717) is 11.4 Å². The second-order valence-electron chi connectivity index (χ2n) is 5.10. The third-order valence-corrected chi connectivity index (χ3v) is 3.09. The summed E-state index contributed by atoms with van der Waals surface area (Å²) in [6, 6.07) is -0.444. The van der Waals surface area contributed by atoms with Crippen LogP contribution in [-0.2, 0) is 4.74 Å². The number of hydrogen-bond donors (Lipinski definition) is 2. The molecule has 2 N–H and O–H groups in total. The van der Waals surface area contributed by atoms with E-state index in [1.54, 1.807) is 26.8 Å². The standard InChI is InChI=1S/C13H18N2O4S/c1-5-6-8(15-12(18)19-13(2,3)4)10-14-9(7-20-10)11(16)17/h5,7-8H,1,6H2,2-4H3,(H,15,18)(H,16,17)/t8-/m1/s1. The average molecular weight is 298 g/mol. The maximum Gasteiger partial charge on any atom is 0.408 e. The lowest BCUT2D eigenvalue weighted by atomic mass is 10.2. The van der Waals surface area contributed by atoms with Crippen molar-refractivity contribution >= 4 is 23.4 Å². The van der Waals surface area contributed by atoms with Gasteiger partial charge in [-0.1, -0.05) is 6.08 Å². The monoisotopic (exact) mass is 298 g/mol. The summed E-state index contributed by atoms with van der Waals surface area (Å²) in [6.45, 7) is 8.91. The minimum absolute atomic E-state index is 0.0370. The van der Waals surface area contributed by atoms with Crippen LogP contribution in [0.1, 0.15) is 48.7 Å². The highest BCUT2D eigenvalue weighted by molar-refractivity contribution is 7.09. The Labute approximate surface area is 121 Å². The van der Waals surface area contributed by atoms with Crippen LogP contribution < -0.4 is 5.32 Å². The predicted molar refractivity (Wildman–Crippen MR) is 76.0 cm³/mol. The Kier molecular flexibility index (Phi) is 5.26. The SMILES string of the molecule is C=CC[C@@H](NC(=O)OC(C)(C)C)c1nc(C(=O)O)cs1. The number of alkyl carbamates (subject to hydrolysis) is 1. The first-order valence-electron chi connectivity index (χ1n) is 6.02. The van der Waals surface area contributed by atoms with Crippen molar-refractivity contribution in [3.05, 3.63) is 28.7 Å². The maximum absolute atomic E-state index is 11.8. The number of nitrogens with zero attached hydrogens (tertiary/aromatic N) is 1. The Hall–Kier alpha value is -1.89. The van der Waals surface area contributed by atoms with E-state index in [9.17, 15) is 9.59 Å². The first kappa shape index (κ1) is 16.2. The van der Waals surface area contributed by atoms with Gasteiger partial charge in [0, 0.05) is 5.38 Å². The number of ether oxygens (including phenoxy) is 1. The summed E-state index contributed by atoms with van der Waals surface area (Å²) in [5, 5.41) is 13.5. The van der Waals surface area contributed by atoms with Gasteiger partial charge in [0.15, 0.2) is 5.69 Å². The van der Waals surface area contributed by atoms with Crippen molar-refractivity contribution in [3.63, 3.8) is 0 Å². The van der Waals surface area contributed by atoms with Gasteiger partial charge in [0.25, 0.3) is 0 Å². The number of hydrogen-bond acceptors (Lipinski definition) is 5. The molecule has 0 fully saturated rings. The number of carboxylic acid groups (broad SMARTS) is 1. The van der Waals surface area contributed by atoms with Crippen LogP contribution in [0.15, 0.2) is 18.0 Å². The van der Waals surface area contributed by atoms with Crippen LogP contribution in [0.5, 0.6) is 0 Å². The fraction of sp³-hybridized carbons (Fsp3) is 0.462. The van der Waals surface area contributed by atoms with Crippen molar-refractivity contribution < 1.29 is 19.4 Å². The summed E-state index contributed by atoms with van der Waals surface area (Å²) in [6.07, 6.45) is 1.49. The zero-order chi connectivity index (χ0) is 15.3. The Balaban J connectivity index is 2.80. The number of thiazole rings is 1. The van der Waals surface area contributed by atoms with Crippen molar-refractivity contribution in [1.82, 2.24) is 10.3 Å². The molecule has 0 radical (unpaired) electrons. The van der Waals surface area contributed by atoms with E-state index in [1.165, 1.54) is 16.7 Å². The molecule has 7 heteroatoms. The molecule has 1 heterocycles. The summed E-state index contributed by atoms with van der Waals surface area (Å²) < 4.78 is 5.17. The van der Waals surface area contributed by atoms with Gasteiger partial charge in [-0.2, -0.15) is 0 Å². The lowest BCUT2D eigenvalue weighted by molar-refractivity contribution is 0.0504. The largest absolute Gasteiger partial charge is 0.476 e. The Morgan fingerprint density at radius 3 is 2.70 bits per heavy atom. The number of carboxylic acids is 1. The van der Waals surface area contributed by atoms with Crippen LogP contribution in [0, 0.1) is 0 Å². The number of carbonyl (C=O) groups excluding carboxylic acids is 1. The van der Waals surface area contributed by atoms with Gasteiger partial charge in [-0.3, -0.25) is 0 Å². The second kappa shape index (κ2) is 6.51. The molecule has 0 aliphatic heterocycles. The molecule has 110 valence electrons.